The summed E-state index contributed by atoms with van der Waals surface area (Å²) < 4.78 is 6.79. The lowest BCUT2D eigenvalue weighted by Gasteiger charge is -2.10. The summed E-state index contributed by atoms with van der Waals surface area (Å²) in [5, 5.41) is 2.08. The van der Waals surface area contributed by atoms with E-state index in [1.165, 1.54) is 4.88 Å². The molecular weight excluding hydrogens is 298 g/mol. The summed E-state index contributed by atoms with van der Waals surface area (Å²) in [5.41, 5.74) is 6.72. The van der Waals surface area contributed by atoms with Crippen LogP contribution in [0.1, 0.15) is 10.4 Å². The second kappa shape index (κ2) is 6.19. The fraction of sp³-hybridized carbons (Fsp3) is 0.231. The van der Waals surface area contributed by atoms with Crippen LogP contribution in [0.15, 0.2) is 40.2 Å². The molecule has 17 heavy (non-hydrogen) atoms. The molecule has 0 aliphatic rings. The lowest BCUT2D eigenvalue weighted by atomic mass is 10.2. The average Bonchev–Trinajstić information content (AvgIpc) is 2.84. The maximum absolute atomic E-state index is 5.76. The Morgan fingerprint density at radius 1 is 1.29 bits per heavy atom. The van der Waals surface area contributed by atoms with Gasteiger partial charge in [0.05, 0.1) is 6.61 Å². The Labute approximate surface area is 114 Å². The second-order valence-corrected chi connectivity index (χ2v) is 5.58. The van der Waals surface area contributed by atoms with E-state index in [1.807, 2.05) is 18.2 Å². The van der Waals surface area contributed by atoms with Crippen molar-refractivity contribution in [1.82, 2.24) is 0 Å². The maximum Gasteiger partial charge on any atom is 0.123 e. The molecule has 0 aliphatic heterocycles. The number of rotatable bonds is 5. The smallest absolute Gasteiger partial charge is 0.123 e. The molecule has 1 aromatic heterocycles. The van der Waals surface area contributed by atoms with Gasteiger partial charge in [-0.1, -0.05) is 22.0 Å². The molecule has 0 amide bonds. The minimum atomic E-state index is 0.494. The molecule has 0 bridgehead atoms. The van der Waals surface area contributed by atoms with E-state index in [2.05, 4.69) is 33.4 Å². The van der Waals surface area contributed by atoms with Crippen molar-refractivity contribution < 1.29 is 4.74 Å². The molecule has 2 nitrogen and oxygen atoms in total. The highest BCUT2D eigenvalue weighted by Gasteiger charge is 2.03. The quantitative estimate of drug-likeness (QED) is 0.916. The van der Waals surface area contributed by atoms with Gasteiger partial charge in [0.25, 0.3) is 0 Å². The fourth-order valence-electron chi connectivity index (χ4n) is 1.56. The third-order valence-electron chi connectivity index (χ3n) is 2.43. The van der Waals surface area contributed by atoms with Crippen molar-refractivity contribution in [3.05, 3.63) is 50.6 Å². The molecule has 90 valence electrons. The van der Waals surface area contributed by atoms with Crippen LogP contribution in [0.5, 0.6) is 5.75 Å². The third-order valence-corrected chi connectivity index (χ3v) is 3.86. The maximum atomic E-state index is 5.76. The summed E-state index contributed by atoms with van der Waals surface area (Å²) in [6.07, 6.45) is 0.942. The SMILES string of the molecule is NCc1cc(Br)ccc1OCCc1cccs1. The molecule has 0 spiro atoms. The molecule has 0 aliphatic carbocycles. The van der Waals surface area contributed by atoms with E-state index < -0.39 is 0 Å². The number of halogens is 1. The number of benzene rings is 1. The lowest BCUT2D eigenvalue weighted by molar-refractivity contribution is 0.319. The summed E-state index contributed by atoms with van der Waals surface area (Å²) >= 11 is 5.19. The molecule has 0 fully saturated rings. The zero-order valence-electron chi connectivity index (χ0n) is 9.36. The number of nitrogens with two attached hydrogens (primary N) is 1. The van der Waals surface area contributed by atoms with Gasteiger partial charge >= 0.3 is 0 Å². The molecule has 2 N–H and O–H groups in total. The van der Waals surface area contributed by atoms with Crippen LogP contribution in [0.25, 0.3) is 0 Å². The molecule has 1 heterocycles. The minimum Gasteiger partial charge on any atom is -0.493 e. The molecule has 4 heteroatoms. The zero-order chi connectivity index (χ0) is 12.1. The van der Waals surface area contributed by atoms with Gasteiger partial charge in [-0.05, 0) is 29.6 Å². The first-order valence-electron chi connectivity index (χ1n) is 5.43. The van der Waals surface area contributed by atoms with E-state index in [-0.39, 0.29) is 0 Å². The molecular formula is C13H14BrNOS. The average molecular weight is 312 g/mol. The van der Waals surface area contributed by atoms with Crippen molar-refractivity contribution in [2.45, 2.75) is 13.0 Å². The van der Waals surface area contributed by atoms with Gasteiger partial charge < -0.3 is 10.5 Å². The molecule has 0 saturated heterocycles. The normalized spacial score (nSPS) is 10.5. The highest BCUT2D eigenvalue weighted by atomic mass is 79.9. The van der Waals surface area contributed by atoms with Crippen molar-refractivity contribution in [3.8, 4) is 5.75 Å². The first-order valence-corrected chi connectivity index (χ1v) is 7.10. The summed E-state index contributed by atoms with van der Waals surface area (Å²) in [4.78, 5) is 1.34. The lowest BCUT2D eigenvalue weighted by Crippen LogP contribution is -2.05. The fourth-order valence-corrected chi connectivity index (χ4v) is 2.66. The number of hydrogen-bond donors (Lipinski definition) is 1. The summed E-state index contributed by atoms with van der Waals surface area (Å²) in [7, 11) is 0. The van der Waals surface area contributed by atoms with Crippen molar-refractivity contribution in [2.24, 2.45) is 5.73 Å². The van der Waals surface area contributed by atoms with Crippen LogP contribution in [0.4, 0.5) is 0 Å². The number of hydrogen-bond acceptors (Lipinski definition) is 3. The Balaban J connectivity index is 1.94. The van der Waals surface area contributed by atoms with Crippen LogP contribution in [-0.4, -0.2) is 6.61 Å². The largest absolute Gasteiger partial charge is 0.493 e. The predicted molar refractivity (Wildman–Crippen MR) is 75.6 cm³/mol. The summed E-state index contributed by atoms with van der Waals surface area (Å²) in [6, 6.07) is 10.1. The van der Waals surface area contributed by atoms with Gasteiger partial charge in [0.1, 0.15) is 5.75 Å². The topological polar surface area (TPSA) is 35.2 Å². The molecule has 1 aromatic carbocycles. The molecule has 2 rings (SSSR count). The van der Waals surface area contributed by atoms with E-state index in [1.54, 1.807) is 11.3 Å². The van der Waals surface area contributed by atoms with Crippen LogP contribution in [0, 0.1) is 0 Å². The van der Waals surface area contributed by atoms with E-state index in [0.29, 0.717) is 13.2 Å². The van der Waals surface area contributed by atoms with Crippen LogP contribution in [-0.2, 0) is 13.0 Å². The second-order valence-electron chi connectivity index (χ2n) is 3.63. The van der Waals surface area contributed by atoms with Crippen LogP contribution in [0.3, 0.4) is 0 Å². The van der Waals surface area contributed by atoms with Crippen molar-refractivity contribution in [3.63, 3.8) is 0 Å². The molecule has 0 unspecified atom stereocenters. The Morgan fingerprint density at radius 2 is 2.18 bits per heavy atom. The van der Waals surface area contributed by atoms with Gasteiger partial charge in [-0.15, -0.1) is 11.3 Å². The standard InChI is InChI=1S/C13H14BrNOS/c14-11-3-4-13(10(8-11)9-15)16-6-5-12-2-1-7-17-12/h1-4,7-8H,5-6,9,15H2. The first kappa shape index (κ1) is 12.6. The van der Waals surface area contributed by atoms with E-state index in [9.17, 15) is 0 Å². The summed E-state index contributed by atoms with van der Waals surface area (Å²) in [6.45, 7) is 1.18. The van der Waals surface area contributed by atoms with Crippen LogP contribution >= 0.6 is 27.3 Å². The predicted octanol–water partition coefficient (Wildman–Crippen LogP) is 3.59. The first-order chi connectivity index (χ1) is 8.29. The Bertz CT molecular complexity index is 470. The van der Waals surface area contributed by atoms with Gasteiger partial charge in [-0.25, -0.2) is 0 Å². The van der Waals surface area contributed by atoms with Crippen LogP contribution < -0.4 is 10.5 Å². The molecule has 0 radical (unpaired) electrons. The van der Waals surface area contributed by atoms with Crippen molar-refractivity contribution in [1.29, 1.82) is 0 Å². The number of ether oxygens (including phenoxy) is 1. The van der Waals surface area contributed by atoms with Crippen LogP contribution in [0.2, 0.25) is 0 Å². The van der Waals surface area contributed by atoms with Gasteiger partial charge in [-0.2, -0.15) is 0 Å². The highest BCUT2D eigenvalue weighted by Crippen LogP contribution is 2.23. The molecule has 0 atom stereocenters. The molecule has 2 aromatic rings. The van der Waals surface area contributed by atoms with E-state index in [4.69, 9.17) is 10.5 Å². The van der Waals surface area contributed by atoms with Gasteiger partial charge in [0, 0.05) is 27.9 Å². The minimum absolute atomic E-state index is 0.494. The van der Waals surface area contributed by atoms with E-state index >= 15 is 0 Å². The zero-order valence-corrected chi connectivity index (χ0v) is 11.8. The monoisotopic (exact) mass is 311 g/mol. The third kappa shape index (κ3) is 3.56. The Hall–Kier alpha value is -0.840. The van der Waals surface area contributed by atoms with Crippen molar-refractivity contribution >= 4 is 27.3 Å². The van der Waals surface area contributed by atoms with Crippen molar-refractivity contribution in [2.75, 3.05) is 6.61 Å². The molecule has 0 saturated carbocycles. The van der Waals surface area contributed by atoms with E-state index in [0.717, 1.165) is 22.2 Å². The van der Waals surface area contributed by atoms with Gasteiger partial charge in [0.2, 0.25) is 0 Å². The Morgan fingerprint density at radius 3 is 2.88 bits per heavy atom. The number of thiophene rings is 1. The summed E-state index contributed by atoms with van der Waals surface area (Å²) in [5.74, 6) is 0.882. The highest BCUT2D eigenvalue weighted by molar-refractivity contribution is 9.10. The van der Waals surface area contributed by atoms with Gasteiger partial charge in [-0.3, -0.25) is 0 Å². The van der Waals surface area contributed by atoms with Gasteiger partial charge in [0.15, 0.2) is 0 Å². The Kier molecular flexibility index (Phi) is 4.59.